The highest BCUT2D eigenvalue weighted by atomic mass is 35.5. The maximum absolute atomic E-state index is 12.9. The van der Waals surface area contributed by atoms with Crippen molar-refractivity contribution in [3.05, 3.63) is 76.7 Å². The van der Waals surface area contributed by atoms with E-state index in [0.29, 0.717) is 11.3 Å². The number of benzene rings is 2. The Labute approximate surface area is 201 Å². The van der Waals surface area contributed by atoms with Gasteiger partial charge in [0.15, 0.2) is 6.04 Å². The van der Waals surface area contributed by atoms with Gasteiger partial charge in [0, 0.05) is 5.88 Å². The van der Waals surface area contributed by atoms with Crippen LogP contribution in [0.15, 0.2) is 65.6 Å². The Morgan fingerprint density at radius 2 is 1.82 bits per heavy atom. The lowest BCUT2D eigenvalue weighted by Gasteiger charge is -2.51. The summed E-state index contributed by atoms with van der Waals surface area (Å²) < 4.78 is 10.6. The summed E-state index contributed by atoms with van der Waals surface area (Å²) in [5.41, 5.74) is 2.25. The Morgan fingerprint density at radius 1 is 1.09 bits per heavy atom. The zero-order chi connectivity index (χ0) is 23.4. The van der Waals surface area contributed by atoms with Crippen molar-refractivity contribution in [2.24, 2.45) is 0 Å². The van der Waals surface area contributed by atoms with Gasteiger partial charge in [-0.25, -0.2) is 4.79 Å². The number of carbonyl (C=O) groups is 3. The fraction of sp³-hybridized carbons (Fsp3) is 0.292. The van der Waals surface area contributed by atoms with E-state index >= 15 is 0 Å². The summed E-state index contributed by atoms with van der Waals surface area (Å²) in [6.07, 6.45) is 0.179. The number of nitrogens with one attached hydrogen (secondary N) is 1. The van der Waals surface area contributed by atoms with Gasteiger partial charge in [-0.2, -0.15) is 0 Å². The number of methoxy groups -OCH3 is 1. The molecule has 2 aromatic rings. The molecule has 33 heavy (non-hydrogen) atoms. The third kappa shape index (κ3) is 5.02. The maximum Gasteiger partial charge on any atom is 0.333 e. The molecule has 1 saturated heterocycles. The van der Waals surface area contributed by atoms with Gasteiger partial charge in [-0.15, -0.1) is 23.4 Å². The largest absolute Gasteiger partial charge is 0.497 e. The van der Waals surface area contributed by atoms with E-state index in [1.165, 1.54) is 16.7 Å². The second kappa shape index (κ2) is 10.3. The summed E-state index contributed by atoms with van der Waals surface area (Å²) in [6.45, 7) is 0.0615. The van der Waals surface area contributed by atoms with Crippen LogP contribution in [0.25, 0.3) is 0 Å². The van der Waals surface area contributed by atoms with Gasteiger partial charge in [-0.1, -0.05) is 42.5 Å². The van der Waals surface area contributed by atoms with Crippen LogP contribution in [-0.4, -0.2) is 53.1 Å². The number of nitrogens with zero attached hydrogens (tertiary/aromatic N) is 1. The molecule has 4 rings (SSSR count). The van der Waals surface area contributed by atoms with E-state index in [4.69, 9.17) is 21.1 Å². The number of fused-ring (bicyclic) bond motifs is 1. The smallest absolute Gasteiger partial charge is 0.333 e. The summed E-state index contributed by atoms with van der Waals surface area (Å²) in [7, 11) is 1.58. The Balaban J connectivity index is 1.40. The predicted octanol–water partition coefficient (Wildman–Crippen LogP) is 2.87. The van der Waals surface area contributed by atoms with Gasteiger partial charge in [-0.05, 0) is 34.2 Å². The molecule has 9 heteroatoms. The number of hydrogen-bond donors (Lipinski definition) is 1. The Hall–Kier alpha value is -2.97. The maximum atomic E-state index is 12.9. The fourth-order valence-electron chi connectivity index (χ4n) is 3.77. The summed E-state index contributed by atoms with van der Waals surface area (Å²) in [5, 5.41) is 4.20. The van der Waals surface area contributed by atoms with Crippen LogP contribution in [-0.2, 0) is 32.1 Å². The predicted molar refractivity (Wildman–Crippen MR) is 126 cm³/mol. The highest BCUT2D eigenvalue weighted by Gasteiger charge is 2.56. The standard InChI is InChI=1S/C24H23ClN2O5S/c1-31-18-9-7-16(8-10-18)13-32-24(30)21-17(12-25)14-33-23-20(22(29)27(21)23)26-19(28)11-15-5-3-2-4-6-15/h2-10,14,20-21,23H,11-13H2,1H3,(H,26,28). The first-order chi connectivity index (χ1) is 16.0. The number of esters is 1. The van der Waals surface area contributed by atoms with E-state index in [1.54, 1.807) is 36.8 Å². The van der Waals surface area contributed by atoms with Crippen LogP contribution in [0.3, 0.4) is 0 Å². The van der Waals surface area contributed by atoms with Crippen LogP contribution in [0.5, 0.6) is 5.75 Å². The van der Waals surface area contributed by atoms with Gasteiger partial charge >= 0.3 is 5.97 Å². The fourth-order valence-corrected chi connectivity index (χ4v) is 5.31. The molecule has 2 aliphatic heterocycles. The first kappa shape index (κ1) is 23.2. The summed E-state index contributed by atoms with van der Waals surface area (Å²) in [6, 6.07) is 14.9. The Morgan fingerprint density at radius 3 is 2.48 bits per heavy atom. The molecule has 2 amide bonds. The molecule has 0 spiro atoms. The minimum atomic E-state index is -0.901. The van der Waals surface area contributed by atoms with Crippen LogP contribution >= 0.6 is 23.4 Å². The first-order valence-electron chi connectivity index (χ1n) is 10.4. The van der Waals surface area contributed by atoms with Crippen LogP contribution in [0, 0.1) is 0 Å². The SMILES string of the molecule is COc1ccc(COC(=O)C2C(CCl)=CSC3C(NC(=O)Cc4ccccc4)C(=O)N23)cc1. The molecule has 7 nitrogen and oxygen atoms in total. The van der Waals surface area contributed by atoms with Gasteiger partial charge in [-0.3, -0.25) is 9.59 Å². The van der Waals surface area contributed by atoms with Crippen molar-refractivity contribution in [2.45, 2.75) is 30.5 Å². The van der Waals surface area contributed by atoms with Crippen molar-refractivity contribution in [1.82, 2.24) is 10.2 Å². The number of halogens is 1. The molecule has 2 heterocycles. The van der Waals surface area contributed by atoms with Crippen molar-refractivity contribution in [3.8, 4) is 5.75 Å². The molecular weight excluding hydrogens is 464 g/mol. The molecular formula is C24H23ClN2O5S. The molecule has 0 aromatic heterocycles. The molecule has 0 radical (unpaired) electrons. The van der Waals surface area contributed by atoms with E-state index in [2.05, 4.69) is 5.32 Å². The monoisotopic (exact) mass is 486 g/mol. The van der Waals surface area contributed by atoms with Crippen LogP contribution in [0.4, 0.5) is 0 Å². The minimum Gasteiger partial charge on any atom is -0.497 e. The lowest BCUT2D eigenvalue weighted by molar-refractivity contribution is -0.163. The Kier molecular flexibility index (Phi) is 7.25. The number of β-lactam (4-membered cyclic amide) rings is 1. The minimum absolute atomic E-state index is 0.0615. The second-order valence-corrected chi connectivity index (χ2v) is 8.92. The lowest BCUT2D eigenvalue weighted by atomic mass is 9.98. The normalized spacial score (nSPS) is 21.4. The number of hydrogen-bond acceptors (Lipinski definition) is 6. The van der Waals surface area contributed by atoms with Crippen molar-refractivity contribution >= 4 is 41.1 Å². The molecule has 1 N–H and O–H groups in total. The average Bonchev–Trinajstić information content (AvgIpc) is 2.85. The molecule has 0 bridgehead atoms. The van der Waals surface area contributed by atoms with E-state index in [1.807, 2.05) is 30.3 Å². The second-order valence-electron chi connectivity index (χ2n) is 7.66. The summed E-state index contributed by atoms with van der Waals surface area (Å²) >= 11 is 7.42. The zero-order valence-electron chi connectivity index (χ0n) is 17.9. The quantitative estimate of drug-likeness (QED) is 0.351. The van der Waals surface area contributed by atoms with Crippen molar-refractivity contribution < 1.29 is 23.9 Å². The van der Waals surface area contributed by atoms with Crippen LogP contribution in [0.1, 0.15) is 11.1 Å². The van der Waals surface area contributed by atoms with Crippen LogP contribution in [0.2, 0.25) is 0 Å². The van der Waals surface area contributed by atoms with E-state index in [0.717, 1.165) is 11.1 Å². The first-order valence-corrected chi connectivity index (χ1v) is 11.8. The number of alkyl halides is 1. The lowest BCUT2D eigenvalue weighted by Crippen LogP contribution is -2.74. The number of rotatable bonds is 8. The van der Waals surface area contributed by atoms with Crippen molar-refractivity contribution in [1.29, 1.82) is 0 Å². The number of carbonyl (C=O) groups excluding carboxylic acids is 3. The van der Waals surface area contributed by atoms with Crippen LogP contribution < -0.4 is 10.1 Å². The van der Waals surface area contributed by atoms with Gasteiger partial charge in [0.1, 0.15) is 23.8 Å². The molecule has 172 valence electrons. The summed E-state index contributed by atoms with van der Waals surface area (Å²) in [4.78, 5) is 39.7. The van der Waals surface area contributed by atoms with E-state index in [-0.39, 0.29) is 36.1 Å². The summed E-state index contributed by atoms with van der Waals surface area (Å²) in [5.74, 6) is -0.320. The van der Waals surface area contributed by atoms with Gasteiger partial charge in [0.05, 0.1) is 13.5 Å². The molecule has 0 saturated carbocycles. The highest BCUT2D eigenvalue weighted by Crippen LogP contribution is 2.40. The Bertz CT molecular complexity index is 1060. The topological polar surface area (TPSA) is 84.9 Å². The van der Waals surface area contributed by atoms with Gasteiger partial charge in [0.2, 0.25) is 11.8 Å². The molecule has 2 aromatic carbocycles. The third-order valence-electron chi connectivity index (χ3n) is 5.51. The molecule has 3 atom stereocenters. The molecule has 2 aliphatic rings. The van der Waals surface area contributed by atoms with E-state index < -0.39 is 18.1 Å². The number of amides is 2. The number of ether oxygens (including phenoxy) is 2. The van der Waals surface area contributed by atoms with Gasteiger partial charge < -0.3 is 19.7 Å². The van der Waals surface area contributed by atoms with Gasteiger partial charge in [0.25, 0.3) is 0 Å². The zero-order valence-corrected chi connectivity index (χ0v) is 19.5. The van der Waals surface area contributed by atoms with Crippen molar-refractivity contribution in [3.63, 3.8) is 0 Å². The number of thioether (sulfide) groups is 1. The van der Waals surface area contributed by atoms with E-state index in [9.17, 15) is 14.4 Å². The highest BCUT2D eigenvalue weighted by molar-refractivity contribution is 8.03. The molecule has 0 aliphatic carbocycles. The molecule has 3 unspecified atom stereocenters. The third-order valence-corrected chi connectivity index (χ3v) is 7.04. The average molecular weight is 487 g/mol. The molecule has 1 fully saturated rings. The van der Waals surface area contributed by atoms with Crippen molar-refractivity contribution in [2.75, 3.05) is 13.0 Å².